The van der Waals surface area contributed by atoms with Crippen LogP contribution in [0.2, 0.25) is 0 Å². The van der Waals surface area contributed by atoms with Crippen LogP contribution in [0.4, 0.5) is 11.4 Å². The number of anilines is 2. The zero-order valence-electron chi connectivity index (χ0n) is 18.3. The molecule has 2 N–H and O–H groups in total. The Labute approximate surface area is 189 Å². The van der Waals surface area contributed by atoms with Crippen LogP contribution in [0.25, 0.3) is 0 Å². The predicted molar refractivity (Wildman–Crippen MR) is 128 cm³/mol. The third-order valence-corrected chi connectivity index (χ3v) is 6.41. The van der Waals surface area contributed by atoms with Crippen molar-refractivity contribution in [2.75, 3.05) is 17.1 Å². The van der Waals surface area contributed by atoms with Crippen LogP contribution in [-0.2, 0) is 16.4 Å². The van der Waals surface area contributed by atoms with E-state index in [1.165, 1.54) is 12.1 Å². The Balaban J connectivity index is 1.76. The summed E-state index contributed by atoms with van der Waals surface area (Å²) >= 11 is 0. The number of ether oxygens (including phenoxy) is 1. The first kappa shape index (κ1) is 23.1. The van der Waals surface area contributed by atoms with Gasteiger partial charge in [-0.15, -0.1) is 6.58 Å². The van der Waals surface area contributed by atoms with E-state index >= 15 is 0 Å². The largest absolute Gasteiger partial charge is 0.496 e. The number of benzene rings is 3. The fourth-order valence-electron chi connectivity index (χ4n) is 3.32. The number of hydrogen-bond acceptors (Lipinski definition) is 4. The maximum atomic E-state index is 12.8. The average Bonchev–Trinajstić information content (AvgIpc) is 2.77. The minimum absolute atomic E-state index is 0.107. The molecule has 0 radical (unpaired) electrons. The van der Waals surface area contributed by atoms with Crippen molar-refractivity contribution >= 4 is 27.3 Å². The van der Waals surface area contributed by atoms with Crippen LogP contribution in [0, 0.1) is 13.8 Å². The number of carbonyl (C=O) groups excluding carboxylic acids is 1. The summed E-state index contributed by atoms with van der Waals surface area (Å²) < 4.78 is 33.6. The number of hydrogen-bond donors (Lipinski definition) is 2. The van der Waals surface area contributed by atoms with Gasteiger partial charge in [-0.2, -0.15) is 0 Å². The second-order valence-electron chi connectivity index (χ2n) is 7.37. The van der Waals surface area contributed by atoms with Gasteiger partial charge in [0, 0.05) is 11.3 Å². The first-order valence-electron chi connectivity index (χ1n) is 10.0. The van der Waals surface area contributed by atoms with Gasteiger partial charge in [-0.3, -0.25) is 9.52 Å². The summed E-state index contributed by atoms with van der Waals surface area (Å²) in [6.07, 6.45) is 2.31. The molecule has 0 aliphatic rings. The summed E-state index contributed by atoms with van der Waals surface area (Å²) in [5, 5.41) is 2.79. The van der Waals surface area contributed by atoms with E-state index < -0.39 is 10.0 Å². The SMILES string of the molecule is C=CCc1cc(C(=O)Nc2ccc(S(=O)(=O)Nc3c(C)cccc3C)cc2)ccc1OC. The quantitative estimate of drug-likeness (QED) is 0.468. The highest BCUT2D eigenvalue weighted by Crippen LogP contribution is 2.25. The molecular weight excluding hydrogens is 424 g/mol. The number of para-hydroxylation sites is 1. The van der Waals surface area contributed by atoms with Crippen molar-refractivity contribution in [3.63, 3.8) is 0 Å². The van der Waals surface area contributed by atoms with E-state index in [0.717, 1.165) is 16.7 Å². The summed E-state index contributed by atoms with van der Waals surface area (Å²) in [6.45, 7) is 7.43. The molecule has 0 spiro atoms. The third kappa shape index (κ3) is 5.18. The molecule has 0 aliphatic carbocycles. The Bertz CT molecular complexity index is 1230. The molecule has 3 aromatic carbocycles. The van der Waals surface area contributed by atoms with E-state index in [1.807, 2.05) is 32.0 Å². The van der Waals surface area contributed by atoms with Crippen molar-refractivity contribution in [3.8, 4) is 5.75 Å². The minimum atomic E-state index is -3.76. The Hall–Kier alpha value is -3.58. The molecule has 0 heterocycles. The Morgan fingerprint density at radius 2 is 1.69 bits per heavy atom. The van der Waals surface area contributed by atoms with Gasteiger partial charge in [0.2, 0.25) is 0 Å². The van der Waals surface area contributed by atoms with E-state index in [1.54, 1.807) is 43.5 Å². The van der Waals surface area contributed by atoms with E-state index in [-0.39, 0.29) is 10.8 Å². The van der Waals surface area contributed by atoms with E-state index in [2.05, 4.69) is 16.6 Å². The van der Waals surface area contributed by atoms with Gasteiger partial charge in [0.1, 0.15) is 5.75 Å². The second-order valence-corrected chi connectivity index (χ2v) is 9.05. The Morgan fingerprint density at radius 1 is 1.03 bits per heavy atom. The molecule has 6 nitrogen and oxygen atoms in total. The maximum Gasteiger partial charge on any atom is 0.261 e. The summed E-state index contributed by atoms with van der Waals surface area (Å²) in [4.78, 5) is 12.8. The fourth-order valence-corrected chi connectivity index (χ4v) is 4.53. The highest BCUT2D eigenvalue weighted by molar-refractivity contribution is 7.92. The molecule has 0 bridgehead atoms. The number of sulfonamides is 1. The van der Waals surface area contributed by atoms with Crippen molar-refractivity contribution in [3.05, 3.63) is 95.6 Å². The lowest BCUT2D eigenvalue weighted by atomic mass is 10.1. The molecule has 1 amide bonds. The number of rotatable bonds is 8. The van der Waals surface area contributed by atoms with E-state index in [9.17, 15) is 13.2 Å². The highest BCUT2D eigenvalue weighted by atomic mass is 32.2. The van der Waals surface area contributed by atoms with Crippen LogP contribution >= 0.6 is 0 Å². The second kappa shape index (κ2) is 9.70. The van der Waals surface area contributed by atoms with Crippen molar-refractivity contribution < 1.29 is 17.9 Å². The van der Waals surface area contributed by atoms with Crippen LogP contribution in [0.1, 0.15) is 27.0 Å². The lowest BCUT2D eigenvalue weighted by Crippen LogP contribution is -2.15. The molecule has 0 fully saturated rings. The summed E-state index contributed by atoms with van der Waals surface area (Å²) in [6, 6.07) is 16.8. The number of allylic oxidation sites excluding steroid dienone is 1. The molecule has 0 unspecified atom stereocenters. The van der Waals surface area contributed by atoms with E-state index in [4.69, 9.17) is 4.74 Å². The fraction of sp³-hybridized carbons (Fsp3) is 0.160. The third-order valence-electron chi connectivity index (χ3n) is 5.05. The molecule has 0 atom stereocenters. The number of amides is 1. The molecular formula is C25H26N2O4S. The van der Waals surface area contributed by atoms with Crippen LogP contribution in [0.5, 0.6) is 5.75 Å². The van der Waals surface area contributed by atoms with Gasteiger partial charge >= 0.3 is 0 Å². The lowest BCUT2D eigenvalue weighted by molar-refractivity contribution is 0.102. The smallest absolute Gasteiger partial charge is 0.261 e. The molecule has 32 heavy (non-hydrogen) atoms. The molecule has 0 saturated carbocycles. The summed E-state index contributed by atoms with van der Waals surface area (Å²) in [5.74, 6) is 0.384. The maximum absolute atomic E-state index is 12.8. The van der Waals surface area contributed by atoms with Gasteiger partial charge in [-0.25, -0.2) is 8.42 Å². The van der Waals surface area contributed by atoms with Crippen molar-refractivity contribution in [2.45, 2.75) is 25.2 Å². The van der Waals surface area contributed by atoms with Crippen molar-refractivity contribution in [2.24, 2.45) is 0 Å². The van der Waals surface area contributed by atoms with Crippen LogP contribution < -0.4 is 14.8 Å². The molecule has 7 heteroatoms. The number of methoxy groups -OCH3 is 1. The highest BCUT2D eigenvalue weighted by Gasteiger charge is 2.17. The topological polar surface area (TPSA) is 84.5 Å². The predicted octanol–water partition coefficient (Wildman–Crippen LogP) is 5.09. The molecule has 166 valence electrons. The normalized spacial score (nSPS) is 11.0. The van der Waals surface area contributed by atoms with Crippen LogP contribution in [0.15, 0.2) is 78.2 Å². The van der Waals surface area contributed by atoms with Gasteiger partial charge in [-0.05, 0) is 79.4 Å². The van der Waals surface area contributed by atoms with Gasteiger partial charge in [0.05, 0.1) is 17.7 Å². The van der Waals surface area contributed by atoms with Gasteiger partial charge < -0.3 is 10.1 Å². The number of carbonyl (C=O) groups is 1. The van der Waals surface area contributed by atoms with Gasteiger partial charge in [0.25, 0.3) is 15.9 Å². The first-order valence-corrected chi connectivity index (χ1v) is 11.5. The molecule has 3 aromatic rings. The monoisotopic (exact) mass is 450 g/mol. The van der Waals surface area contributed by atoms with Crippen molar-refractivity contribution in [1.82, 2.24) is 0 Å². The van der Waals surface area contributed by atoms with Crippen LogP contribution in [-0.4, -0.2) is 21.4 Å². The Morgan fingerprint density at radius 3 is 2.28 bits per heavy atom. The molecule has 0 aromatic heterocycles. The van der Waals surface area contributed by atoms with Crippen LogP contribution in [0.3, 0.4) is 0 Å². The molecule has 0 aliphatic heterocycles. The molecule has 3 rings (SSSR count). The molecule has 0 saturated heterocycles. The lowest BCUT2D eigenvalue weighted by Gasteiger charge is -2.14. The van der Waals surface area contributed by atoms with E-state index in [0.29, 0.717) is 29.1 Å². The van der Waals surface area contributed by atoms with Gasteiger partial charge in [-0.1, -0.05) is 24.3 Å². The average molecular weight is 451 g/mol. The minimum Gasteiger partial charge on any atom is -0.496 e. The zero-order chi connectivity index (χ0) is 23.3. The zero-order valence-corrected chi connectivity index (χ0v) is 19.1. The summed E-state index contributed by atoms with van der Waals surface area (Å²) in [7, 11) is -2.19. The Kier molecular flexibility index (Phi) is 7.00. The van der Waals surface area contributed by atoms with Crippen molar-refractivity contribution in [1.29, 1.82) is 0 Å². The number of nitrogens with one attached hydrogen (secondary N) is 2. The van der Waals surface area contributed by atoms with Gasteiger partial charge in [0.15, 0.2) is 0 Å². The number of aryl methyl sites for hydroxylation is 2. The summed E-state index contributed by atoms with van der Waals surface area (Å²) in [5.41, 5.74) is 4.06. The standard InChI is InChI=1S/C25H26N2O4S/c1-5-7-19-16-20(10-15-23(19)31-4)25(28)26-21-11-13-22(14-12-21)32(29,30)27-24-17(2)8-6-9-18(24)3/h5-6,8-16,27H,1,7H2,2-4H3,(H,26,28). The first-order chi connectivity index (χ1) is 15.2.